The van der Waals surface area contributed by atoms with Gasteiger partial charge in [-0.05, 0) is 95.4 Å². The summed E-state index contributed by atoms with van der Waals surface area (Å²) in [6.45, 7) is 10.3. The number of aromatic amines is 1. The molecule has 322 valence electrons. The zero-order valence-electron chi connectivity index (χ0n) is 35.4. The normalized spacial score (nSPS) is 22.8. The zero-order valence-corrected chi connectivity index (χ0v) is 36.2. The highest BCUT2D eigenvalue weighted by atomic mass is 32.2. The van der Waals surface area contributed by atoms with E-state index < -0.39 is 22.1 Å². The molecule has 3 aliphatic rings. The second-order valence-corrected chi connectivity index (χ2v) is 18.0. The molecular weight excluding hydrogens is 773 g/mol. The molecule has 3 aromatic rings. The maximum absolute atomic E-state index is 13.3. The van der Waals surface area contributed by atoms with Crippen LogP contribution in [0.5, 0.6) is 5.75 Å². The molecule has 3 heterocycles. The SMILES string of the molecule is CC#CCC(C)[C@H](O)/C=C/C1[C@H](O)C[C@@H]2C/C(=C\CCCC(=O)O)C[C@H]12.CCCc1nn(C)c2c(=O)[nH]c(-c3cc(S(=O)(=O)N4CCN(C)CC4)ccc3OCC)nc12. The highest BCUT2D eigenvalue weighted by molar-refractivity contribution is 7.89. The number of nitrogens with zero attached hydrogens (tertiary/aromatic N) is 5. The van der Waals surface area contributed by atoms with Crippen LogP contribution < -0.4 is 10.3 Å². The first-order valence-electron chi connectivity index (χ1n) is 20.9. The number of H-pyrrole nitrogens is 1. The Bertz CT molecular complexity index is 2210. The van der Waals surface area contributed by atoms with Crippen LogP contribution in [0.4, 0.5) is 0 Å². The Kier molecular flexibility index (Phi) is 16.1. The molecule has 2 saturated carbocycles. The summed E-state index contributed by atoms with van der Waals surface area (Å²) in [7, 11) is -0.00831. The fourth-order valence-corrected chi connectivity index (χ4v) is 9.86. The lowest BCUT2D eigenvalue weighted by Crippen LogP contribution is -2.47. The monoisotopic (exact) mass is 834 g/mol. The summed E-state index contributed by atoms with van der Waals surface area (Å²) < 4.78 is 35.4. The largest absolute Gasteiger partial charge is 0.493 e. The quantitative estimate of drug-likeness (QED) is 0.0900. The first kappa shape index (κ1) is 45.7. The Hall–Kier alpha value is -4.33. The van der Waals surface area contributed by atoms with Gasteiger partial charge in [-0.15, -0.1) is 11.8 Å². The number of carbonyl (C=O) groups is 1. The van der Waals surface area contributed by atoms with E-state index in [1.54, 1.807) is 32.2 Å². The van der Waals surface area contributed by atoms with Crippen molar-refractivity contribution in [1.29, 1.82) is 0 Å². The van der Waals surface area contributed by atoms with Gasteiger partial charge in [-0.25, -0.2) is 13.4 Å². The third-order valence-corrected chi connectivity index (χ3v) is 13.6. The lowest BCUT2D eigenvalue weighted by atomic mass is 9.89. The van der Waals surface area contributed by atoms with Crippen LogP contribution in [-0.4, -0.2) is 111 Å². The molecule has 3 fully saturated rings. The first-order valence-corrected chi connectivity index (χ1v) is 22.4. The van der Waals surface area contributed by atoms with Crippen molar-refractivity contribution in [2.45, 2.75) is 103 Å². The van der Waals surface area contributed by atoms with E-state index in [-0.39, 0.29) is 40.6 Å². The molecule has 15 heteroatoms. The van der Waals surface area contributed by atoms with Crippen molar-refractivity contribution in [3.63, 3.8) is 0 Å². The number of aromatic nitrogens is 4. The maximum atomic E-state index is 13.3. The van der Waals surface area contributed by atoms with Crippen LogP contribution in [0.25, 0.3) is 22.4 Å². The average molecular weight is 835 g/mol. The molecule has 14 nitrogen and oxygen atoms in total. The van der Waals surface area contributed by atoms with E-state index in [0.29, 0.717) is 86.2 Å². The first-order chi connectivity index (χ1) is 28.2. The van der Waals surface area contributed by atoms with Gasteiger partial charge in [0.25, 0.3) is 5.56 Å². The van der Waals surface area contributed by atoms with Crippen molar-refractivity contribution in [3.8, 4) is 29.0 Å². The number of aliphatic carboxylic acids is 1. The van der Waals surface area contributed by atoms with Gasteiger partial charge in [0.05, 0.1) is 35.0 Å². The lowest BCUT2D eigenvalue weighted by Gasteiger charge is -2.31. The summed E-state index contributed by atoms with van der Waals surface area (Å²) in [5.74, 6) is 6.96. The molecule has 1 aliphatic heterocycles. The molecule has 0 spiro atoms. The number of hydrogen-bond donors (Lipinski definition) is 4. The number of benzene rings is 1. The predicted octanol–water partition coefficient (Wildman–Crippen LogP) is 5.15. The summed E-state index contributed by atoms with van der Waals surface area (Å²) in [6, 6.07) is 4.71. The molecule has 0 amide bonds. The Morgan fingerprint density at radius 3 is 2.58 bits per heavy atom. The molecule has 0 radical (unpaired) electrons. The Morgan fingerprint density at radius 1 is 1.15 bits per heavy atom. The average Bonchev–Trinajstić information content (AvgIpc) is 3.84. The minimum absolute atomic E-state index is 0.0845. The number of piperazine rings is 1. The third-order valence-electron chi connectivity index (χ3n) is 11.7. The van der Waals surface area contributed by atoms with Crippen molar-refractivity contribution in [2.24, 2.45) is 30.7 Å². The van der Waals surface area contributed by atoms with Crippen LogP contribution in [-0.2, 0) is 28.3 Å². The number of aliphatic hydroxyl groups is 2. The van der Waals surface area contributed by atoms with Crippen LogP contribution in [0.1, 0.15) is 84.8 Å². The Morgan fingerprint density at radius 2 is 1.90 bits per heavy atom. The van der Waals surface area contributed by atoms with E-state index in [4.69, 9.17) is 14.8 Å². The number of carboxylic acid groups (broad SMARTS) is 1. The van der Waals surface area contributed by atoms with Crippen LogP contribution in [0.15, 0.2) is 51.7 Å². The van der Waals surface area contributed by atoms with Crippen molar-refractivity contribution in [2.75, 3.05) is 39.8 Å². The molecule has 1 saturated heterocycles. The lowest BCUT2D eigenvalue weighted by molar-refractivity contribution is -0.137. The van der Waals surface area contributed by atoms with E-state index in [1.807, 2.05) is 40.0 Å². The standard InChI is InChI=1S/C22H30N6O4S.C22H32O4/c1-5-7-17-19-20(27(4)25-17)22(29)24-21(23-19)16-14-15(8-9-18(16)32-6-2)33(30,31)28-12-10-26(3)11-13-28;1-3-4-7-15(2)20(23)11-10-18-19-13-16(8-5-6-9-22(25)26)12-17(19)14-21(18)24/h8-9,14H,5-7,10-13H2,1-4H3,(H,23,24,29);8,10-11,15,17-21,23-24H,5-7,9,12-14H2,1-2H3,(H,25,26)/b;11-10+,16-8+/t;15?,17-,18?,19-,20+,21+/m.0/s1. The summed E-state index contributed by atoms with van der Waals surface area (Å²) in [4.78, 5) is 33.2. The topological polar surface area (TPSA) is 191 Å². The van der Waals surface area contributed by atoms with E-state index in [9.17, 15) is 28.2 Å². The predicted molar refractivity (Wildman–Crippen MR) is 228 cm³/mol. The summed E-state index contributed by atoms with van der Waals surface area (Å²) in [5.41, 5.74) is 3.15. The van der Waals surface area contributed by atoms with Gasteiger partial charge in [-0.3, -0.25) is 14.3 Å². The number of hydrogen-bond acceptors (Lipinski definition) is 10. The third kappa shape index (κ3) is 11.3. The van der Waals surface area contributed by atoms with Gasteiger partial charge >= 0.3 is 5.97 Å². The second kappa shape index (κ2) is 20.8. The van der Waals surface area contributed by atoms with Crippen molar-refractivity contribution in [3.05, 3.63) is 58.0 Å². The molecule has 6 rings (SSSR count). The molecule has 59 heavy (non-hydrogen) atoms. The molecular formula is C44H62N6O8S. The summed E-state index contributed by atoms with van der Waals surface area (Å²) in [5, 5.41) is 33.8. The number of carboxylic acids is 1. The van der Waals surface area contributed by atoms with Gasteiger partial charge in [0.1, 0.15) is 17.1 Å². The second-order valence-electron chi connectivity index (χ2n) is 16.1. The van der Waals surface area contributed by atoms with Gasteiger partial charge in [0, 0.05) is 52.0 Å². The number of nitrogens with one attached hydrogen (secondary N) is 1. The molecule has 2 unspecified atom stereocenters. The molecule has 6 atom stereocenters. The maximum Gasteiger partial charge on any atom is 0.303 e. The molecule has 4 N–H and O–H groups in total. The van der Waals surface area contributed by atoms with Crippen LogP contribution >= 0.6 is 0 Å². The van der Waals surface area contributed by atoms with E-state index in [0.717, 1.165) is 37.8 Å². The van der Waals surface area contributed by atoms with Gasteiger partial charge in [-0.2, -0.15) is 9.40 Å². The van der Waals surface area contributed by atoms with Gasteiger partial charge in [-0.1, -0.05) is 44.1 Å². The van der Waals surface area contributed by atoms with Crippen molar-refractivity contribution in [1.82, 2.24) is 29.0 Å². The van der Waals surface area contributed by atoms with Gasteiger partial charge in [0.2, 0.25) is 10.0 Å². The number of fused-ring (bicyclic) bond motifs is 2. The van der Waals surface area contributed by atoms with Gasteiger partial charge < -0.3 is 29.9 Å². The molecule has 2 aromatic heterocycles. The highest BCUT2D eigenvalue weighted by Gasteiger charge is 2.45. The van der Waals surface area contributed by atoms with E-state index in [1.165, 1.54) is 14.6 Å². The van der Waals surface area contributed by atoms with E-state index >= 15 is 0 Å². The molecule has 2 aliphatic carbocycles. The van der Waals surface area contributed by atoms with Crippen LogP contribution in [0, 0.1) is 35.5 Å². The van der Waals surface area contributed by atoms with Crippen molar-refractivity contribution < 1.29 is 33.3 Å². The Balaban J connectivity index is 0.000000231. The number of likely N-dealkylation sites (N-methyl/N-ethyl adjacent to an activating group) is 1. The van der Waals surface area contributed by atoms with Crippen LogP contribution in [0.2, 0.25) is 0 Å². The smallest absolute Gasteiger partial charge is 0.303 e. The van der Waals surface area contributed by atoms with Crippen LogP contribution in [0.3, 0.4) is 0 Å². The number of aryl methyl sites for hydroxylation is 2. The number of rotatable bonds is 15. The number of unbranched alkanes of at least 4 members (excludes halogenated alkanes) is 1. The number of sulfonamides is 1. The fourth-order valence-electron chi connectivity index (χ4n) is 8.41. The highest BCUT2D eigenvalue weighted by Crippen LogP contribution is 2.50. The van der Waals surface area contributed by atoms with Crippen molar-refractivity contribution >= 4 is 27.0 Å². The fraction of sp³-hybridized carbons (Fsp3) is 0.591. The molecule has 1 aromatic carbocycles. The minimum atomic E-state index is -3.70. The number of allylic oxidation sites excluding steroid dienone is 2. The molecule has 0 bridgehead atoms. The number of ether oxygens (including phenoxy) is 1. The minimum Gasteiger partial charge on any atom is -0.493 e. The Labute approximate surface area is 348 Å². The summed E-state index contributed by atoms with van der Waals surface area (Å²) in [6.07, 6.45) is 12.0. The zero-order chi connectivity index (χ0) is 42.9. The van der Waals surface area contributed by atoms with Gasteiger partial charge in [0.15, 0.2) is 5.52 Å². The summed E-state index contributed by atoms with van der Waals surface area (Å²) >= 11 is 0. The van der Waals surface area contributed by atoms with E-state index in [2.05, 4.69) is 32.9 Å². The number of aliphatic hydroxyl groups excluding tert-OH is 2.